The number of nitrogens with zero attached hydrogens (tertiary/aromatic N) is 1. The maximum absolute atomic E-state index is 7.42. The van der Waals surface area contributed by atoms with Gasteiger partial charge in [-0.3, -0.25) is 5.41 Å². The quantitative estimate of drug-likeness (QED) is 0.420. The molecule has 0 aromatic rings. The van der Waals surface area contributed by atoms with Crippen molar-refractivity contribution < 1.29 is 0 Å². The van der Waals surface area contributed by atoms with Gasteiger partial charge in [-0.2, -0.15) is 0 Å². The molecule has 0 bridgehead atoms. The van der Waals surface area contributed by atoms with Gasteiger partial charge in [0.15, 0.2) is 5.96 Å². The zero-order chi connectivity index (χ0) is 8.55. The summed E-state index contributed by atoms with van der Waals surface area (Å²) in [4.78, 5) is 2.09. The van der Waals surface area contributed by atoms with Gasteiger partial charge in [0.05, 0.1) is 0 Å². The average molecular weight is 167 g/mol. The first-order valence-corrected chi connectivity index (χ1v) is 4.89. The van der Waals surface area contributed by atoms with E-state index in [1.807, 2.05) is 0 Å². The lowest BCUT2D eigenvalue weighted by Crippen LogP contribution is -2.42. The molecule has 1 saturated carbocycles. The fraction of sp³-hybridized carbons (Fsp3) is 0.889. The molecule has 0 radical (unpaired) electrons. The summed E-state index contributed by atoms with van der Waals surface area (Å²) in [7, 11) is 0. The van der Waals surface area contributed by atoms with Crippen LogP contribution in [0.2, 0.25) is 0 Å². The van der Waals surface area contributed by atoms with E-state index in [1.165, 1.54) is 32.1 Å². The zero-order valence-corrected chi connectivity index (χ0v) is 7.42. The third-order valence-corrected chi connectivity index (χ3v) is 3.32. The van der Waals surface area contributed by atoms with Crippen LogP contribution in [0.3, 0.4) is 0 Å². The molecule has 3 N–H and O–H groups in total. The molecule has 2 unspecified atom stereocenters. The van der Waals surface area contributed by atoms with Crippen molar-refractivity contribution in [2.45, 2.75) is 38.1 Å². The third-order valence-electron chi connectivity index (χ3n) is 3.32. The van der Waals surface area contributed by atoms with Gasteiger partial charge in [-0.15, -0.1) is 0 Å². The molecule has 2 atom stereocenters. The van der Waals surface area contributed by atoms with Gasteiger partial charge >= 0.3 is 0 Å². The minimum absolute atomic E-state index is 0.282. The summed E-state index contributed by atoms with van der Waals surface area (Å²) in [5.41, 5.74) is 5.51. The highest BCUT2D eigenvalue weighted by Gasteiger charge is 2.35. The van der Waals surface area contributed by atoms with Gasteiger partial charge in [0.2, 0.25) is 0 Å². The molecule has 3 nitrogen and oxygen atoms in total. The van der Waals surface area contributed by atoms with E-state index >= 15 is 0 Å². The maximum Gasteiger partial charge on any atom is 0.188 e. The molecule has 1 saturated heterocycles. The Balaban J connectivity index is 2.05. The van der Waals surface area contributed by atoms with Crippen LogP contribution < -0.4 is 5.73 Å². The Labute approximate surface area is 73.4 Å². The van der Waals surface area contributed by atoms with Crippen LogP contribution in [0.15, 0.2) is 0 Å². The van der Waals surface area contributed by atoms with E-state index in [2.05, 4.69) is 4.90 Å². The van der Waals surface area contributed by atoms with Crippen LogP contribution in [0.25, 0.3) is 0 Å². The molecule has 1 heterocycles. The van der Waals surface area contributed by atoms with Gasteiger partial charge in [0, 0.05) is 12.6 Å². The average Bonchev–Trinajstić information content (AvgIpc) is 2.47. The predicted molar refractivity (Wildman–Crippen MR) is 49.0 cm³/mol. The zero-order valence-electron chi connectivity index (χ0n) is 7.42. The highest BCUT2D eigenvalue weighted by molar-refractivity contribution is 5.75. The molecule has 0 aromatic carbocycles. The lowest BCUT2D eigenvalue weighted by Gasteiger charge is -2.31. The van der Waals surface area contributed by atoms with Crippen molar-refractivity contribution in [3.63, 3.8) is 0 Å². The SMILES string of the molecule is N=C(N)N1CCC2CCCCC21. The van der Waals surface area contributed by atoms with Crippen LogP contribution >= 0.6 is 0 Å². The van der Waals surface area contributed by atoms with Crippen molar-refractivity contribution in [2.24, 2.45) is 11.7 Å². The summed E-state index contributed by atoms with van der Waals surface area (Å²) in [6.45, 7) is 1.02. The number of nitrogens with two attached hydrogens (primary N) is 1. The molecule has 0 amide bonds. The monoisotopic (exact) mass is 167 g/mol. The Morgan fingerprint density at radius 1 is 1.25 bits per heavy atom. The summed E-state index contributed by atoms with van der Waals surface area (Å²) >= 11 is 0. The topological polar surface area (TPSA) is 53.1 Å². The second-order valence-electron chi connectivity index (χ2n) is 3.98. The first-order chi connectivity index (χ1) is 5.79. The van der Waals surface area contributed by atoms with Crippen molar-refractivity contribution in [3.05, 3.63) is 0 Å². The molecular formula is C9H17N3. The molecule has 2 fully saturated rings. The van der Waals surface area contributed by atoms with Crippen LogP contribution in [-0.2, 0) is 0 Å². The number of hydrogen-bond acceptors (Lipinski definition) is 1. The van der Waals surface area contributed by atoms with E-state index in [0.717, 1.165) is 12.5 Å². The minimum atomic E-state index is 0.282. The van der Waals surface area contributed by atoms with E-state index in [1.54, 1.807) is 0 Å². The molecule has 0 spiro atoms. The summed E-state index contributed by atoms with van der Waals surface area (Å²) < 4.78 is 0. The molecule has 1 aliphatic heterocycles. The summed E-state index contributed by atoms with van der Waals surface area (Å²) in [5.74, 6) is 1.12. The molecule has 3 heteroatoms. The first kappa shape index (κ1) is 7.90. The van der Waals surface area contributed by atoms with Crippen LogP contribution in [0.5, 0.6) is 0 Å². The van der Waals surface area contributed by atoms with E-state index in [9.17, 15) is 0 Å². The summed E-state index contributed by atoms with van der Waals surface area (Å²) in [5, 5.41) is 7.42. The van der Waals surface area contributed by atoms with Crippen LogP contribution in [0, 0.1) is 11.3 Å². The second kappa shape index (κ2) is 2.96. The van der Waals surface area contributed by atoms with Gasteiger partial charge < -0.3 is 10.6 Å². The Hall–Kier alpha value is -0.730. The predicted octanol–water partition coefficient (Wildman–Crippen LogP) is 1.14. The highest BCUT2D eigenvalue weighted by atomic mass is 15.3. The Bertz CT molecular complexity index is 190. The summed E-state index contributed by atoms with van der Waals surface area (Å²) in [6, 6.07) is 0.608. The molecule has 12 heavy (non-hydrogen) atoms. The number of nitrogens with one attached hydrogen (secondary N) is 1. The Morgan fingerprint density at radius 2 is 2.00 bits per heavy atom. The van der Waals surface area contributed by atoms with Crippen LogP contribution in [-0.4, -0.2) is 23.4 Å². The summed E-state index contributed by atoms with van der Waals surface area (Å²) in [6.07, 6.45) is 6.57. The molecule has 0 aromatic heterocycles. The lowest BCUT2D eigenvalue weighted by molar-refractivity contribution is 0.251. The highest BCUT2D eigenvalue weighted by Crippen LogP contribution is 2.35. The standard InChI is InChI=1S/C9H17N3/c10-9(11)12-6-5-7-3-1-2-4-8(7)12/h7-8H,1-6H2,(H3,10,11). The number of likely N-dealkylation sites (tertiary alicyclic amines) is 1. The normalized spacial score (nSPS) is 34.8. The maximum atomic E-state index is 7.42. The van der Waals surface area contributed by atoms with E-state index in [4.69, 9.17) is 11.1 Å². The fourth-order valence-corrected chi connectivity index (χ4v) is 2.70. The number of fused-ring (bicyclic) bond motifs is 1. The van der Waals surface area contributed by atoms with Gasteiger partial charge in [-0.05, 0) is 25.2 Å². The minimum Gasteiger partial charge on any atom is -0.370 e. The fourth-order valence-electron chi connectivity index (χ4n) is 2.70. The number of rotatable bonds is 0. The molecular weight excluding hydrogens is 150 g/mol. The molecule has 2 aliphatic rings. The second-order valence-corrected chi connectivity index (χ2v) is 3.98. The van der Waals surface area contributed by atoms with E-state index < -0.39 is 0 Å². The van der Waals surface area contributed by atoms with Gasteiger partial charge in [0.1, 0.15) is 0 Å². The third kappa shape index (κ3) is 1.17. The smallest absolute Gasteiger partial charge is 0.188 e. The molecule has 68 valence electrons. The van der Waals surface area contributed by atoms with Crippen molar-refractivity contribution in [1.82, 2.24) is 4.90 Å². The van der Waals surface area contributed by atoms with Crippen LogP contribution in [0.1, 0.15) is 32.1 Å². The van der Waals surface area contributed by atoms with Crippen molar-refractivity contribution in [3.8, 4) is 0 Å². The van der Waals surface area contributed by atoms with Crippen molar-refractivity contribution >= 4 is 5.96 Å². The van der Waals surface area contributed by atoms with Crippen molar-refractivity contribution in [2.75, 3.05) is 6.54 Å². The number of hydrogen-bond donors (Lipinski definition) is 2. The largest absolute Gasteiger partial charge is 0.370 e. The van der Waals surface area contributed by atoms with Crippen molar-refractivity contribution in [1.29, 1.82) is 5.41 Å². The Kier molecular flexibility index (Phi) is 1.95. The first-order valence-electron chi connectivity index (χ1n) is 4.89. The van der Waals surface area contributed by atoms with Gasteiger partial charge in [-0.25, -0.2) is 0 Å². The lowest BCUT2D eigenvalue weighted by atomic mass is 9.85. The van der Waals surface area contributed by atoms with Gasteiger partial charge in [0.25, 0.3) is 0 Å². The van der Waals surface area contributed by atoms with E-state index in [-0.39, 0.29) is 5.96 Å². The van der Waals surface area contributed by atoms with Gasteiger partial charge in [-0.1, -0.05) is 12.8 Å². The number of guanidine groups is 1. The molecule has 1 aliphatic carbocycles. The Morgan fingerprint density at radius 3 is 2.75 bits per heavy atom. The van der Waals surface area contributed by atoms with E-state index in [0.29, 0.717) is 6.04 Å². The molecule has 2 rings (SSSR count). The van der Waals surface area contributed by atoms with Crippen LogP contribution in [0.4, 0.5) is 0 Å².